The van der Waals surface area contributed by atoms with Gasteiger partial charge in [0.05, 0.1) is 0 Å². The summed E-state index contributed by atoms with van der Waals surface area (Å²) in [6, 6.07) is 0. The highest BCUT2D eigenvalue weighted by Crippen LogP contribution is 2.35. The monoisotopic (exact) mass is 140 g/mol. The van der Waals surface area contributed by atoms with Gasteiger partial charge in [-0.1, -0.05) is 13.8 Å². The summed E-state index contributed by atoms with van der Waals surface area (Å²) >= 11 is 0. The van der Waals surface area contributed by atoms with E-state index in [1.54, 1.807) is 0 Å². The van der Waals surface area contributed by atoms with Gasteiger partial charge in [0.25, 0.3) is 0 Å². The van der Waals surface area contributed by atoms with Crippen molar-refractivity contribution in [3.8, 4) is 0 Å². The number of piperidine rings is 1. The van der Waals surface area contributed by atoms with Crippen molar-refractivity contribution in [2.24, 2.45) is 11.3 Å². The molecule has 1 aliphatic heterocycles. The van der Waals surface area contributed by atoms with Crippen LogP contribution in [0.25, 0.3) is 0 Å². The van der Waals surface area contributed by atoms with Crippen LogP contribution in [-0.2, 0) is 0 Å². The fourth-order valence-electron chi connectivity index (χ4n) is 1.49. The van der Waals surface area contributed by atoms with Crippen LogP contribution in [0.5, 0.6) is 0 Å². The molecular weight excluding hydrogens is 122 g/mol. The average molecular weight is 140 g/mol. The van der Waals surface area contributed by atoms with Gasteiger partial charge in [-0.15, -0.1) is 0 Å². The summed E-state index contributed by atoms with van der Waals surface area (Å²) in [7, 11) is 0. The number of rotatable bonds is 1. The van der Waals surface area contributed by atoms with Crippen molar-refractivity contribution >= 4 is 0 Å². The van der Waals surface area contributed by atoms with E-state index in [-0.39, 0.29) is 0 Å². The van der Waals surface area contributed by atoms with Crippen molar-refractivity contribution in [1.82, 2.24) is 5.32 Å². The first-order valence-electron chi connectivity index (χ1n) is 4.19. The third kappa shape index (κ3) is 1.51. The molecular formula is C9H18N. The number of hydrogen-bond donors (Lipinski definition) is 1. The molecule has 0 aromatic rings. The Balaban J connectivity index is 2.48. The molecule has 0 saturated carbocycles. The molecule has 1 aliphatic rings. The van der Waals surface area contributed by atoms with E-state index in [1.165, 1.54) is 25.9 Å². The van der Waals surface area contributed by atoms with Crippen LogP contribution >= 0.6 is 0 Å². The van der Waals surface area contributed by atoms with Crippen molar-refractivity contribution in [1.29, 1.82) is 0 Å². The maximum Gasteiger partial charge on any atom is -0.00436 e. The van der Waals surface area contributed by atoms with Crippen LogP contribution in [0.15, 0.2) is 0 Å². The maximum absolute atomic E-state index is 4.11. The Hall–Kier alpha value is -0.0400. The third-order valence-corrected chi connectivity index (χ3v) is 2.94. The van der Waals surface area contributed by atoms with Crippen LogP contribution in [-0.4, -0.2) is 13.1 Å². The quantitative estimate of drug-likeness (QED) is 0.586. The fraction of sp³-hybridized carbons (Fsp3) is 0.889. The zero-order valence-corrected chi connectivity index (χ0v) is 7.11. The standard InChI is InChI=1S/C9H18N/c1-8(2)9(3)4-6-10-7-5-9/h8,10H,1,4-7H2,2-3H3. The van der Waals surface area contributed by atoms with Crippen molar-refractivity contribution in [2.75, 3.05) is 13.1 Å². The second kappa shape index (κ2) is 2.91. The molecule has 0 spiro atoms. The molecule has 0 bridgehead atoms. The lowest BCUT2D eigenvalue weighted by Crippen LogP contribution is -2.37. The minimum absolute atomic E-state index is 0.505. The molecule has 1 fully saturated rings. The van der Waals surface area contributed by atoms with Gasteiger partial charge >= 0.3 is 0 Å². The zero-order valence-electron chi connectivity index (χ0n) is 7.11. The smallest absolute Gasteiger partial charge is 0.00436 e. The molecule has 0 aromatic heterocycles. The van der Waals surface area contributed by atoms with Crippen molar-refractivity contribution in [3.05, 3.63) is 6.92 Å². The summed E-state index contributed by atoms with van der Waals surface area (Å²) in [4.78, 5) is 0. The Labute approximate surface area is 64.2 Å². The molecule has 1 atom stereocenters. The lowest BCUT2D eigenvalue weighted by Gasteiger charge is -2.37. The molecule has 59 valence electrons. The van der Waals surface area contributed by atoms with Gasteiger partial charge < -0.3 is 5.32 Å². The molecule has 1 unspecified atom stereocenters. The highest BCUT2D eigenvalue weighted by Gasteiger charge is 2.29. The van der Waals surface area contributed by atoms with Gasteiger partial charge in [0, 0.05) is 0 Å². The Kier molecular flexibility index (Phi) is 2.35. The largest absolute Gasteiger partial charge is 0.317 e. The van der Waals surface area contributed by atoms with E-state index in [2.05, 4.69) is 26.1 Å². The van der Waals surface area contributed by atoms with E-state index in [0.717, 1.165) is 0 Å². The highest BCUT2D eigenvalue weighted by molar-refractivity contribution is 4.85. The summed E-state index contributed by atoms with van der Waals surface area (Å²) in [6.07, 6.45) is 2.58. The maximum atomic E-state index is 4.11. The molecule has 0 aliphatic carbocycles. The molecule has 10 heavy (non-hydrogen) atoms. The minimum Gasteiger partial charge on any atom is -0.317 e. The van der Waals surface area contributed by atoms with Crippen LogP contribution < -0.4 is 5.32 Å². The Bertz CT molecular complexity index is 101. The van der Waals surface area contributed by atoms with Crippen LogP contribution in [0, 0.1) is 18.3 Å². The first-order chi connectivity index (χ1) is 4.65. The van der Waals surface area contributed by atoms with E-state index < -0.39 is 0 Å². The van der Waals surface area contributed by atoms with Gasteiger partial charge in [-0.3, -0.25) is 0 Å². The Morgan fingerprint density at radius 3 is 2.20 bits per heavy atom. The molecule has 1 saturated heterocycles. The molecule has 0 aromatic carbocycles. The number of hydrogen-bond acceptors (Lipinski definition) is 1. The lowest BCUT2D eigenvalue weighted by molar-refractivity contribution is 0.170. The normalized spacial score (nSPS) is 25.2. The predicted octanol–water partition coefficient (Wildman–Crippen LogP) is 1.85. The summed E-state index contributed by atoms with van der Waals surface area (Å²) in [5.41, 5.74) is 0.505. The van der Waals surface area contributed by atoms with E-state index in [0.29, 0.717) is 11.3 Å². The zero-order chi connectivity index (χ0) is 7.61. The average Bonchev–Trinajstić information content (AvgIpc) is 1.89. The summed E-state index contributed by atoms with van der Waals surface area (Å²) in [5, 5.41) is 3.37. The first kappa shape index (κ1) is 8.06. The fourth-order valence-corrected chi connectivity index (χ4v) is 1.49. The highest BCUT2D eigenvalue weighted by atomic mass is 14.9. The van der Waals surface area contributed by atoms with E-state index in [1.807, 2.05) is 0 Å². The van der Waals surface area contributed by atoms with Crippen LogP contribution in [0.3, 0.4) is 0 Å². The molecule has 1 nitrogen and oxygen atoms in total. The van der Waals surface area contributed by atoms with Crippen LogP contribution in [0.2, 0.25) is 0 Å². The molecule has 1 radical (unpaired) electrons. The van der Waals surface area contributed by atoms with Gasteiger partial charge in [-0.05, 0) is 44.2 Å². The Morgan fingerprint density at radius 2 is 1.90 bits per heavy atom. The van der Waals surface area contributed by atoms with E-state index in [4.69, 9.17) is 0 Å². The van der Waals surface area contributed by atoms with E-state index >= 15 is 0 Å². The third-order valence-electron chi connectivity index (χ3n) is 2.94. The predicted molar refractivity (Wildman–Crippen MR) is 44.7 cm³/mol. The molecule has 0 amide bonds. The van der Waals surface area contributed by atoms with Crippen LogP contribution in [0.4, 0.5) is 0 Å². The second-order valence-electron chi connectivity index (χ2n) is 3.81. The summed E-state index contributed by atoms with van der Waals surface area (Å²) < 4.78 is 0. The molecule has 1 N–H and O–H groups in total. The minimum atomic E-state index is 0.505. The second-order valence-corrected chi connectivity index (χ2v) is 3.81. The van der Waals surface area contributed by atoms with Gasteiger partial charge in [-0.2, -0.15) is 0 Å². The van der Waals surface area contributed by atoms with Crippen molar-refractivity contribution < 1.29 is 0 Å². The molecule has 1 rings (SSSR count). The lowest BCUT2D eigenvalue weighted by atomic mass is 9.72. The summed E-state index contributed by atoms with van der Waals surface area (Å²) in [5.74, 6) is 0.592. The van der Waals surface area contributed by atoms with Gasteiger partial charge in [0.2, 0.25) is 0 Å². The van der Waals surface area contributed by atoms with Crippen molar-refractivity contribution in [2.45, 2.75) is 26.7 Å². The van der Waals surface area contributed by atoms with Gasteiger partial charge in [-0.25, -0.2) is 0 Å². The summed E-state index contributed by atoms with van der Waals surface area (Å²) in [6.45, 7) is 11.0. The van der Waals surface area contributed by atoms with Gasteiger partial charge in [0.15, 0.2) is 0 Å². The SMILES string of the molecule is [CH2]C(C)C1(C)CCNCC1. The Morgan fingerprint density at radius 1 is 1.40 bits per heavy atom. The topological polar surface area (TPSA) is 12.0 Å². The molecule has 1 heterocycles. The van der Waals surface area contributed by atoms with Crippen LogP contribution in [0.1, 0.15) is 26.7 Å². The number of nitrogens with one attached hydrogen (secondary N) is 1. The molecule has 1 heteroatoms. The van der Waals surface area contributed by atoms with E-state index in [9.17, 15) is 0 Å². The first-order valence-corrected chi connectivity index (χ1v) is 4.19. The van der Waals surface area contributed by atoms with Crippen molar-refractivity contribution in [3.63, 3.8) is 0 Å². The van der Waals surface area contributed by atoms with Gasteiger partial charge in [0.1, 0.15) is 0 Å².